The largest absolute Gasteiger partial charge is 0.495 e. The molecule has 2 N–H and O–H groups in total. The van der Waals surface area contributed by atoms with E-state index in [2.05, 4.69) is 10.6 Å². The summed E-state index contributed by atoms with van der Waals surface area (Å²) in [6.07, 6.45) is 0. The molecule has 2 rings (SSSR count). The fourth-order valence-corrected chi connectivity index (χ4v) is 2.22. The van der Waals surface area contributed by atoms with E-state index in [-0.39, 0.29) is 16.4 Å². The van der Waals surface area contributed by atoms with E-state index in [1.165, 1.54) is 31.4 Å². The molecule has 0 unspecified atom stereocenters. The van der Waals surface area contributed by atoms with Gasteiger partial charge in [-0.15, -0.1) is 0 Å². The van der Waals surface area contributed by atoms with Crippen LogP contribution in [0.15, 0.2) is 42.5 Å². The number of ether oxygens (including phenoxy) is 1. The van der Waals surface area contributed by atoms with Crippen molar-refractivity contribution in [1.82, 2.24) is 5.32 Å². The minimum Gasteiger partial charge on any atom is -0.495 e. The second-order valence-corrected chi connectivity index (χ2v) is 5.40. The van der Waals surface area contributed by atoms with E-state index in [9.17, 15) is 14.9 Å². The number of non-ortho nitro benzene ring substituents is 1. The van der Waals surface area contributed by atoms with E-state index < -0.39 is 10.8 Å². The first-order valence-corrected chi connectivity index (χ1v) is 7.39. The van der Waals surface area contributed by atoms with Crippen LogP contribution in [0.1, 0.15) is 10.4 Å². The third-order valence-corrected chi connectivity index (χ3v) is 3.42. The van der Waals surface area contributed by atoms with E-state index in [0.717, 1.165) is 0 Å². The molecule has 0 saturated heterocycles. The molecule has 124 valence electrons. The van der Waals surface area contributed by atoms with E-state index in [1.807, 2.05) is 0 Å². The van der Waals surface area contributed by atoms with Gasteiger partial charge in [0.2, 0.25) is 0 Å². The minimum absolute atomic E-state index is 0.0407. The maximum absolute atomic E-state index is 12.1. The van der Waals surface area contributed by atoms with Gasteiger partial charge in [-0.2, -0.15) is 0 Å². The van der Waals surface area contributed by atoms with Crippen molar-refractivity contribution in [3.63, 3.8) is 0 Å². The lowest BCUT2D eigenvalue weighted by Crippen LogP contribution is -2.34. The number of carbonyl (C=O) groups excluding carboxylic acids is 1. The Balaban J connectivity index is 2.05. The Kier molecular flexibility index (Phi) is 5.67. The number of halogens is 1. The van der Waals surface area contributed by atoms with Crippen molar-refractivity contribution in [3.05, 3.63) is 63.2 Å². The number of hydrogen-bond donors (Lipinski definition) is 2. The van der Waals surface area contributed by atoms with Crippen LogP contribution in [-0.2, 0) is 0 Å². The van der Waals surface area contributed by atoms with Gasteiger partial charge in [0.05, 0.1) is 17.7 Å². The SMILES string of the molecule is COc1ccc(Cl)cc1NC(=S)NC(=O)c1ccc([N+](=O)[O-])cc1. The summed E-state index contributed by atoms with van der Waals surface area (Å²) in [4.78, 5) is 22.1. The lowest BCUT2D eigenvalue weighted by molar-refractivity contribution is -0.384. The van der Waals surface area contributed by atoms with Crippen LogP contribution in [0.4, 0.5) is 11.4 Å². The zero-order chi connectivity index (χ0) is 17.7. The molecule has 24 heavy (non-hydrogen) atoms. The molecule has 0 aliphatic heterocycles. The number of nitrogens with one attached hydrogen (secondary N) is 2. The number of thiocarbonyl (C=S) groups is 1. The average Bonchev–Trinajstić information content (AvgIpc) is 2.55. The third kappa shape index (κ3) is 4.40. The summed E-state index contributed by atoms with van der Waals surface area (Å²) >= 11 is 11.0. The van der Waals surface area contributed by atoms with Gasteiger partial charge in [0.15, 0.2) is 5.11 Å². The molecule has 0 aliphatic rings. The summed E-state index contributed by atoms with van der Waals surface area (Å²) in [7, 11) is 1.49. The summed E-state index contributed by atoms with van der Waals surface area (Å²) in [5, 5.41) is 16.4. The maximum Gasteiger partial charge on any atom is 0.269 e. The van der Waals surface area contributed by atoms with Gasteiger partial charge in [-0.3, -0.25) is 20.2 Å². The number of rotatable bonds is 4. The zero-order valence-corrected chi connectivity index (χ0v) is 14.0. The Morgan fingerprint density at radius 2 is 1.92 bits per heavy atom. The van der Waals surface area contributed by atoms with Crippen LogP contribution >= 0.6 is 23.8 Å². The van der Waals surface area contributed by atoms with Crippen LogP contribution in [0.25, 0.3) is 0 Å². The highest BCUT2D eigenvalue weighted by Crippen LogP contribution is 2.27. The molecule has 0 radical (unpaired) electrons. The van der Waals surface area contributed by atoms with Crippen molar-refractivity contribution in [3.8, 4) is 5.75 Å². The molecule has 9 heteroatoms. The number of benzene rings is 2. The quantitative estimate of drug-likeness (QED) is 0.490. The van der Waals surface area contributed by atoms with E-state index in [1.54, 1.807) is 18.2 Å². The average molecular weight is 366 g/mol. The molecule has 0 spiro atoms. The number of carbonyl (C=O) groups is 1. The molecule has 0 aliphatic carbocycles. The Labute approximate surface area is 147 Å². The maximum atomic E-state index is 12.1. The zero-order valence-electron chi connectivity index (χ0n) is 12.4. The number of hydrogen-bond acceptors (Lipinski definition) is 5. The van der Waals surface area contributed by atoms with Crippen molar-refractivity contribution in [1.29, 1.82) is 0 Å². The molecule has 1 amide bonds. The first-order valence-electron chi connectivity index (χ1n) is 6.61. The Bertz CT molecular complexity index is 796. The molecule has 2 aromatic rings. The predicted octanol–water partition coefficient (Wildman–Crippen LogP) is 3.38. The molecule has 2 aromatic carbocycles. The highest BCUT2D eigenvalue weighted by atomic mass is 35.5. The summed E-state index contributed by atoms with van der Waals surface area (Å²) in [5.41, 5.74) is 0.637. The summed E-state index contributed by atoms with van der Waals surface area (Å²) in [5.74, 6) is 0.00901. The normalized spacial score (nSPS) is 9.92. The Hall–Kier alpha value is -2.71. The van der Waals surface area contributed by atoms with Gasteiger partial charge in [-0.1, -0.05) is 11.6 Å². The third-order valence-electron chi connectivity index (χ3n) is 2.98. The van der Waals surface area contributed by atoms with Crippen molar-refractivity contribution in [2.24, 2.45) is 0 Å². The van der Waals surface area contributed by atoms with Crippen molar-refractivity contribution < 1.29 is 14.5 Å². The fraction of sp³-hybridized carbons (Fsp3) is 0.0667. The van der Waals surface area contributed by atoms with Crippen molar-refractivity contribution >= 4 is 46.2 Å². The second-order valence-electron chi connectivity index (χ2n) is 4.56. The standard InChI is InChI=1S/C15H12ClN3O4S/c1-23-13-7-4-10(16)8-12(13)17-15(24)18-14(20)9-2-5-11(6-3-9)19(21)22/h2-8H,1H3,(H2,17,18,20,24). The van der Waals surface area contributed by atoms with Crippen LogP contribution in [0.3, 0.4) is 0 Å². The molecule has 0 saturated carbocycles. The highest BCUT2D eigenvalue weighted by Gasteiger charge is 2.12. The van der Waals surface area contributed by atoms with E-state index in [0.29, 0.717) is 16.5 Å². The van der Waals surface area contributed by atoms with Gasteiger partial charge in [0.25, 0.3) is 11.6 Å². The number of nitrogens with zero attached hydrogens (tertiary/aromatic N) is 1. The minimum atomic E-state index is -0.542. The summed E-state index contributed by atoms with van der Waals surface area (Å²) in [6.45, 7) is 0. The number of methoxy groups -OCH3 is 1. The van der Waals surface area contributed by atoms with Gasteiger partial charge >= 0.3 is 0 Å². The van der Waals surface area contributed by atoms with Gasteiger partial charge in [0.1, 0.15) is 5.75 Å². The van der Waals surface area contributed by atoms with Crippen LogP contribution in [-0.4, -0.2) is 23.1 Å². The van der Waals surface area contributed by atoms with Crippen LogP contribution < -0.4 is 15.4 Å². The monoisotopic (exact) mass is 365 g/mol. The highest BCUT2D eigenvalue weighted by molar-refractivity contribution is 7.80. The number of nitro groups is 1. The second kappa shape index (κ2) is 7.71. The lowest BCUT2D eigenvalue weighted by atomic mass is 10.2. The van der Waals surface area contributed by atoms with Crippen LogP contribution in [0.5, 0.6) is 5.75 Å². The Morgan fingerprint density at radius 3 is 2.50 bits per heavy atom. The molecule has 0 atom stereocenters. The van der Waals surface area contributed by atoms with Gasteiger partial charge in [-0.05, 0) is 42.5 Å². The number of amides is 1. The molecule has 0 aromatic heterocycles. The first kappa shape index (κ1) is 17.6. The van der Waals surface area contributed by atoms with Crippen LogP contribution in [0, 0.1) is 10.1 Å². The topological polar surface area (TPSA) is 93.5 Å². The van der Waals surface area contributed by atoms with Crippen molar-refractivity contribution in [2.75, 3.05) is 12.4 Å². The van der Waals surface area contributed by atoms with Gasteiger partial charge in [0, 0.05) is 22.7 Å². The first-order chi connectivity index (χ1) is 11.4. The number of anilines is 1. The molecule has 0 bridgehead atoms. The summed E-state index contributed by atoms with van der Waals surface area (Å²) in [6, 6.07) is 10.1. The predicted molar refractivity (Wildman–Crippen MR) is 94.8 cm³/mol. The molecule has 7 nitrogen and oxygen atoms in total. The van der Waals surface area contributed by atoms with E-state index >= 15 is 0 Å². The number of nitro benzene ring substituents is 1. The molecule has 0 fully saturated rings. The van der Waals surface area contributed by atoms with Crippen LogP contribution in [0.2, 0.25) is 5.02 Å². The Morgan fingerprint density at radius 1 is 1.25 bits per heavy atom. The van der Waals surface area contributed by atoms with E-state index in [4.69, 9.17) is 28.6 Å². The van der Waals surface area contributed by atoms with Crippen molar-refractivity contribution in [2.45, 2.75) is 0 Å². The fourth-order valence-electron chi connectivity index (χ4n) is 1.84. The molecular weight excluding hydrogens is 354 g/mol. The summed E-state index contributed by atoms with van der Waals surface area (Å²) < 4.78 is 5.17. The lowest BCUT2D eigenvalue weighted by Gasteiger charge is -2.13. The van der Waals surface area contributed by atoms with Gasteiger partial charge in [-0.25, -0.2) is 0 Å². The molecule has 0 heterocycles. The smallest absolute Gasteiger partial charge is 0.269 e. The van der Waals surface area contributed by atoms with Gasteiger partial charge < -0.3 is 10.1 Å². The molecular formula is C15H12ClN3O4S.